The van der Waals surface area contributed by atoms with Crippen molar-refractivity contribution < 1.29 is 9.21 Å². The van der Waals surface area contributed by atoms with E-state index in [2.05, 4.69) is 10.3 Å². The van der Waals surface area contributed by atoms with Crippen molar-refractivity contribution >= 4 is 40.4 Å². The van der Waals surface area contributed by atoms with Gasteiger partial charge in [0.15, 0.2) is 0 Å². The molecule has 0 aliphatic heterocycles. The van der Waals surface area contributed by atoms with E-state index in [4.69, 9.17) is 10.2 Å². The predicted molar refractivity (Wildman–Crippen MR) is 94.3 cm³/mol. The Balaban J connectivity index is 0.00000208. The van der Waals surface area contributed by atoms with Crippen LogP contribution in [0.1, 0.15) is 12.8 Å². The number of hydrogen-bond acceptors (Lipinski definition) is 5. The molecule has 3 N–H and O–H groups in total. The van der Waals surface area contributed by atoms with Crippen LogP contribution in [0.5, 0.6) is 0 Å². The maximum atomic E-state index is 12.4. The third kappa shape index (κ3) is 3.58. The lowest BCUT2D eigenvalue weighted by molar-refractivity contribution is -0.121. The van der Waals surface area contributed by atoms with Crippen LogP contribution in [0.25, 0.3) is 22.1 Å². The summed E-state index contributed by atoms with van der Waals surface area (Å²) in [7, 11) is 0. The summed E-state index contributed by atoms with van der Waals surface area (Å²) in [5.74, 6) is -0.235. The predicted octanol–water partition coefficient (Wildman–Crippen LogP) is 1.42. The maximum absolute atomic E-state index is 12.4. The van der Waals surface area contributed by atoms with Gasteiger partial charge in [0, 0.05) is 11.9 Å². The smallest absolute Gasteiger partial charge is 0.297 e. The second-order valence-electron chi connectivity index (χ2n) is 5.30. The third-order valence-corrected chi connectivity index (χ3v) is 3.62. The second kappa shape index (κ2) is 7.94. The van der Waals surface area contributed by atoms with Crippen LogP contribution in [-0.4, -0.2) is 28.5 Å². The fourth-order valence-electron chi connectivity index (χ4n) is 2.44. The normalized spacial score (nSPS) is 10.7. The first-order valence-corrected chi connectivity index (χ1v) is 7.54. The second-order valence-corrected chi connectivity index (χ2v) is 5.30. The lowest BCUT2D eigenvalue weighted by Gasteiger charge is -2.06. The first-order chi connectivity index (χ1) is 11.2. The molecule has 3 rings (SSSR count). The number of aromatic nitrogens is 2. The van der Waals surface area contributed by atoms with E-state index < -0.39 is 0 Å². The van der Waals surface area contributed by atoms with Crippen molar-refractivity contribution in [2.24, 2.45) is 5.73 Å². The fraction of sp³-hybridized carbons (Fsp3) is 0.312. The van der Waals surface area contributed by atoms with Crippen LogP contribution in [0.3, 0.4) is 0 Å². The van der Waals surface area contributed by atoms with Gasteiger partial charge in [0.05, 0.1) is 6.33 Å². The van der Waals surface area contributed by atoms with Crippen molar-refractivity contribution in [3.05, 3.63) is 40.9 Å². The van der Waals surface area contributed by atoms with E-state index in [0.29, 0.717) is 24.2 Å². The van der Waals surface area contributed by atoms with Gasteiger partial charge in [-0.3, -0.25) is 14.2 Å². The van der Waals surface area contributed by atoms with Crippen LogP contribution < -0.4 is 16.6 Å². The number of hydrogen-bond donors (Lipinski definition) is 2. The quantitative estimate of drug-likeness (QED) is 0.654. The van der Waals surface area contributed by atoms with E-state index in [9.17, 15) is 9.59 Å². The van der Waals surface area contributed by atoms with E-state index >= 15 is 0 Å². The standard InChI is InChI=1S/C16H18N4O3.ClH/c17-7-3-4-8-18-13(21)9-20-10-19-14-11-5-1-2-6-12(11)23-15(14)16(20)22;/h1-2,5-6,10H,3-4,7-9,17H2,(H,18,21);1H. The number of fused-ring (bicyclic) bond motifs is 3. The summed E-state index contributed by atoms with van der Waals surface area (Å²) in [4.78, 5) is 28.6. The van der Waals surface area contributed by atoms with Gasteiger partial charge in [-0.15, -0.1) is 12.4 Å². The number of amides is 1. The van der Waals surface area contributed by atoms with E-state index in [1.165, 1.54) is 10.9 Å². The molecular formula is C16H19ClN4O3. The Bertz CT molecular complexity index is 903. The molecule has 0 saturated carbocycles. The number of furan rings is 1. The molecule has 8 heteroatoms. The van der Waals surface area contributed by atoms with Crippen molar-refractivity contribution in [1.29, 1.82) is 0 Å². The molecular weight excluding hydrogens is 332 g/mol. The molecule has 2 heterocycles. The number of nitrogens with zero attached hydrogens (tertiary/aromatic N) is 2. The zero-order valence-corrected chi connectivity index (χ0v) is 13.8. The van der Waals surface area contributed by atoms with Crippen LogP contribution in [-0.2, 0) is 11.3 Å². The Morgan fingerprint density at radius 3 is 2.88 bits per heavy atom. The van der Waals surface area contributed by atoms with Crippen molar-refractivity contribution in [2.45, 2.75) is 19.4 Å². The first kappa shape index (κ1) is 18.0. The first-order valence-electron chi connectivity index (χ1n) is 7.54. The number of carbonyl (C=O) groups is 1. The molecule has 0 aliphatic rings. The summed E-state index contributed by atoms with van der Waals surface area (Å²) in [6.45, 7) is 1.06. The van der Waals surface area contributed by atoms with E-state index in [-0.39, 0.29) is 36.0 Å². The number of rotatable bonds is 6. The average Bonchev–Trinajstić information content (AvgIpc) is 2.94. The van der Waals surface area contributed by atoms with Crippen LogP contribution in [0.15, 0.2) is 39.8 Å². The summed E-state index contributed by atoms with van der Waals surface area (Å²) < 4.78 is 6.83. The van der Waals surface area contributed by atoms with Gasteiger partial charge in [-0.2, -0.15) is 0 Å². The lowest BCUT2D eigenvalue weighted by Crippen LogP contribution is -2.33. The molecule has 0 spiro atoms. The molecule has 1 aromatic carbocycles. The minimum Gasteiger partial charge on any atom is -0.448 e. The minimum atomic E-state index is -0.358. The lowest BCUT2D eigenvalue weighted by atomic mass is 10.2. The molecule has 0 unspecified atom stereocenters. The summed E-state index contributed by atoms with van der Waals surface area (Å²) in [5.41, 5.74) is 6.34. The van der Waals surface area contributed by atoms with Crippen LogP contribution in [0, 0.1) is 0 Å². The van der Waals surface area contributed by atoms with Gasteiger partial charge in [-0.05, 0) is 31.5 Å². The van der Waals surface area contributed by atoms with Gasteiger partial charge in [0.2, 0.25) is 11.5 Å². The summed E-state index contributed by atoms with van der Waals surface area (Å²) in [5, 5.41) is 3.55. The fourth-order valence-corrected chi connectivity index (χ4v) is 2.44. The highest BCUT2D eigenvalue weighted by atomic mass is 35.5. The summed E-state index contributed by atoms with van der Waals surface area (Å²) in [6, 6.07) is 7.32. The van der Waals surface area contributed by atoms with Gasteiger partial charge < -0.3 is 15.5 Å². The number of nitrogens with one attached hydrogen (secondary N) is 1. The van der Waals surface area contributed by atoms with Gasteiger partial charge in [0.25, 0.3) is 5.56 Å². The minimum absolute atomic E-state index is 0. The highest BCUT2D eigenvalue weighted by molar-refractivity contribution is 6.01. The molecule has 0 atom stereocenters. The molecule has 0 radical (unpaired) electrons. The Kier molecular flexibility index (Phi) is 5.94. The molecule has 3 aromatic rings. The Labute approximate surface area is 144 Å². The number of para-hydroxylation sites is 1. The highest BCUT2D eigenvalue weighted by Crippen LogP contribution is 2.23. The number of halogens is 1. The molecule has 0 bridgehead atoms. The van der Waals surface area contributed by atoms with Crippen molar-refractivity contribution in [3.8, 4) is 0 Å². The average molecular weight is 351 g/mol. The number of benzene rings is 1. The maximum Gasteiger partial charge on any atom is 0.297 e. The van der Waals surface area contributed by atoms with Crippen LogP contribution in [0.4, 0.5) is 0 Å². The zero-order chi connectivity index (χ0) is 16.2. The van der Waals surface area contributed by atoms with Crippen LogP contribution in [0.2, 0.25) is 0 Å². The van der Waals surface area contributed by atoms with Gasteiger partial charge in [0.1, 0.15) is 17.6 Å². The molecule has 128 valence electrons. The molecule has 0 aliphatic carbocycles. The Morgan fingerprint density at radius 2 is 2.08 bits per heavy atom. The number of carbonyl (C=O) groups excluding carboxylic acids is 1. The van der Waals surface area contributed by atoms with E-state index in [1.807, 2.05) is 18.2 Å². The molecule has 0 fully saturated rings. The largest absolute Gasteiger partial charge is 0.448 e. The zero-order valence-electron chi connectivity index (χ0n) is 13.0. The molecule has 7 nitrogen and oxygen atoms in total. The Morgan fingerprint density at radius 1 is 1.29 bits per heavy atom. The highest BCUT2D eigenvalue weighted by Gasteiger charge is 2.14. The number of unbranched alkanes of at least 4 members (excludes halogenated alkanes) is 1. The van der Waals surface area contributed by atoms with Gasteiger partial charge in [-0.1, -0.05) is 12.1 Å². The molecule has 1 amide bonds. The summed E-state index contributed by atoms with van der Waals surface area (Å²) >= 11 is 0. The Hall–Kier alpha value is -2.38. The SMILES string of the molecule is Cl.NCCCCNC(=O)Cn1cnc2c(oc3ccccc32)c1=O. The molecule has 2 aromatic heterocycles. The molecule has 24 heavy (non-hydrogen) atoms. The summed E-state index contributed by atoms with van der Waals surface area (Å²) in [6.07, 6.45) is 3.05. The van der Waals surface area contributed by atoms with Crippen molar-refractivity contribution in [1.82, 2.24) is 14.9 Å². The van der Waals surface area contributed by atoms with Gasteiger partial charge in [-0.25, -0.2) is 4.98 Å². The third-order valence-electron chi connectivity index (χ3n) is 3.62. The van der Waals surface area contributed by atoms with Gasteiger partial charge >= 0.3 is 0 Å². The topological polar surface area (TPSA) is 103 Å². The molecule has 0 saturated heterocycles. The van der Waals surface area contributed by atoms with E-state index in [1.54, 1.807) is 6.07 Å². The van der Waals surface area contributed by atoms with Crippen molar-refractivity contribution in [2.75, 3.05) is 13.1 Å². The monoisotopic (exact) mass is 350 g/mol. The van der Waals surface area contributed by atoms with Crippen LogP contribution >= 0.6 is 12.4 Å². The number of nitrogens with two attached hydrogens (primary N) is 1. The van der Waals surface area contributed by atoms with Crippen molar-refractivity contribution in [3.63, 3.8) is 0 Å². The van der Waals surface area contributed by atoms with E-state index in [0.717, 1.165) is 18.2 Å².